The molecule has 0 fully saturated rings. The third kappa shape index (κ3) is 5.61. The smallest absolute Gasteiger partial charge is 0.420 e. The minimum atomic E-state index is -4.69. The first kappa shape index (κ1) is 27.4. The number of aromatic nitrogens is 4. The Kier molecular flexibility index (Phi) is 6.94. The number of hydrogen-bond acceptors (Lipinski definition) is 7. The Labute approximate surface area is 220 Å². The van der Waals surface area contributed by atoms with Gasteiger partial charge in [-0.15, -0.1) is 0 Å². The van der Waals surface area contributed by atoms with Gasteiger partial charge >= 0.3 is 18.2 Å². The van der Waals surface area contributed by atoms with Crippen molar-refractivity contribution in [3.05, 3.63) is 65.5 Å². The molecule has 0 radical (unpaired) electrons. The van der Waals surface area contributed by atoms with Crippen molar-refractivity contribution in [1.82, 2.24) is 19.3 Å². The standard InChI is InChI=1S/C26H24F3N5O5/c1-25(2,3)39-24(37)34-18(15-8-6-7-9-16(15)26(27,28)29)12-14-10-11-20(30-21(14)34)31-22(35)19-13-17(23(36)38-5)32-33(19)4/h6-13H,1-5H3,(H,30,31,35). The molecule has 10 nitrogen and oxygen atoms in total. The van der Waals surface area contributed by atoms with E-state index in [9.17, 15) is 27.6 Å². The number of carbonyl (C=O) groups is 3. The van der Waals surface area contributed by atoms with Crippen LogP contribution in [-0.4, -0.2) is 50.0 Å². The number of nitrogens with zero attached hydrogens (tertiary/aromatic N) is 4. The van der Waals surface area contributed by atoms with Gasteiger partial charge in [0.1, 0.15) is 17.1 Å². The van der Waals surface area contributed by atoms with Gasteiger partial charge in [0.25, 0.3) is 5.91 Å². The lowest BCUT2D eigenvalue weighted by Crippen LogP contribution is -2.28. The lowest BCUT2D eigenvalue weighted by molar-refractivity contribution is -0.137. The summed E-state index contributed by atoms with van der Waals surface area (Å²) in [6.45, 7) is 4.86. The fraction of sp³-hybridized carbons (Fsp3) is 0.269. The van der Waals surface area contributed by atoms with Crippen LogP contribution in [0.25, 0.3) is 22.3 Å². The summed E-state index contributed by atoms with van der Waals surface area (Å²) in [5, 5.41) is 6.82. The third-order valence-electron chi connectivity index (χ3n) is 5.48. The Morgan fingerprint density at radius 3 is 2.33 bits per heavy atom. The zero-order valence-corrected chi connectivity index (χ0v) is 21.6. The van der Waals surface area contributed by atoms with Crippen LogP contribution < -0.4 is 5.32 Å². The number of rotatable bonds is 4. The van der Waals surface area contributed by atoms with E-state index in [-0.39, 0.29) is 34.1 Å². The molecule has 0 aliphatic carbocycles. The largest absolute Gasteiger partial charge is 0.464 e. The molecule has 0 saturated carbocycles. The van der Waals surface area contributed by atoms with Crippen LogP contribution in [0.2, 0.25) is 0 Å². The van der Waals surface area contributed by atoms with E-state index in [1.807, 2.05) is 0 Å². The Morgan fingerprint density at radius 1 is 1.00 bits per heavy atom. The summed E-state index contributed by atoms with van der Waals surface area (Å²) in [5.41, 5.74) is -2.34. The summed E-state index contributed by atoms with van der Waals surface area (Å²) >= 11 is 0. The number of anilines is 1. The molecule has 3 aromatic heterocycles. The van der Waals surface area contributed by atoms with E-state index in [0.29, 0.717) is 5.39 Å². The van der Waals surface area contributed by atoms with Crippen LogP contribution in [0, 0.1) is 0 Å². The Balaban J connectivity index is 1.82. The maximum absolute atomic E-state index is 13.8. The number of amides is 1. The van der Waals surface area contributed by atoms with Gasteiger partial charge in [-0.3, -0.25) is 9.48 Å². The molecule has 4 rings (SSSR count). The first-order valence-electron chi connectivity index (χ1n) is 11.6. The van der Waals surface area contributed by atoms with E-state index in [4.69, 9.17) is 4.74 Å². The van der Waals surface area contributed by atoms with Crippen LogP contribution in [-0.2, 0) is 22.7 Å². The molecule has 0 unspecified atom stereocenters. The average Bonchev–Trinajstić information content (AvgIpc) is 3.42. The van der Waals surface area contributed by atoms with Gasteiger partial charge in [-0.25, -0.2) is 19.1 Å². The van der Waals surface area contributed by atoms with Gasteiger partial charge in [0.05, 0.1) is 18.4 Å². The Morgan fingerprint density at radius 2 is 1.69 bits per heavy atom. The van der Waals surface area contributed by atoms with Crippen LogP contribution in [0.1, 0.15) is 47.3 Å². The monoisotopic (exact) mass is 543 g/mol. The number of esters is 1. The van der Waals surface area contributed by atoms with Gasteiger partial charge in [0.15, 0.2) is 11.3 Å². The van der Waals surface area contributed by atoms with Crippen molar-refractivity contribution in [2.75, 3.05) is 12.4 Å². The fourth-order valence-electron chi connectivity index (χ4n) is 3.86. The van der Waals surface area contributed by atoms with Crippen molar-refractivity contribution in [2.24, 2.45) is 7.05 Å². The second-order valence-corrected chi connectivity index (χ2v) is 9.48. The minimum absolute atomic E-state index is 0.00752. The van der Waals surface area contributed by atoms with Crippen molar-refractivity contribution >= 4 is 34.8 Å². The summed E-state index contributed by atoms with van der Waals surface area (Å²) in [6.07, 6.45) is -5.64. The molecule has 13 heteroatoms. The van der Waals surface area contributed by atoms with E-state index >= 15 is 0 Å². The van der Waals surface area contributed by atoms with Crippen LogP contribution >= 0.6 is 0 Å². The van der Waals surface area contributed by atoms with Gasteiger partial charge in [-0.1, -0.05) is 18.2 Å². The maximum Gasteiger partial charge on any atom is 0.420 e. The minimum Gasteiger partial charge on any atom is -0.464 e. The molecule has 0 bridgehead atoms. The van der Waals surface area contributed by atoms with Crippen molar-refractivity contribution in [1.29, 1.82) is 0 Å². The van der Waals surface area contributed by atoms with Crippen LogP contribution in [0.4, 0.5) is 23.8 Å². The molecular formula is C26H24F3N5O5. The maximum atomic E-state index is 13.8. The lowest BCUT2D eigenvalue weighted by atomic mass is 10.0. The molecule has 3 heterocycles. The molecule has 0 spiro atoms. The highest BCUT2D eigenvalue weighted by Gasteiger charge is 2.35. The van der Waals surface area contributed by atoms with Gasteiger partial charge in [0.2, 0.25) is 0 Å². The number of methoxy groups -OCH3 is 1. The highest BCUT2D eigenvalue weighted by atomic mass is 19.4. The van der Waals surface area contributed by atoms with E-state index in [0.717, 1.165) is 10.6 Å². The van der Waals surface area contributed by atoms with Crippen LogP contribution in [0.15, 0.2) is 48.5 Å². The summed E-state index contributed by atoms with van der Waals surface area (Å²) in [5.74, 6) is -1.41. The van der Waals surface area contributed by atoms with Crippen molar-refractivity contribution in [3.63, 3.8) is 0 Å². The van der Waals surface area contributed by atoms with Crippen molar-refractivity contribution in [2.45, 2.75) is 32.5 Å². The molecule has 1 aromatic carbocycles. The molecule has 1 N–H and O–H groups in total. The zero-order valence-electron chi connectivity index (χ0n) is 21.6. The van der Waals surface area contributed by atoms with E-state index < -0.39 is 35.3 Å². The number of pyridine rings is 1. The van der Waals surface area contributed by atoms with Gasteiger partial charge in [-0.2, -0.15) is 18.3 Å². The second kappa shape index (κ2) is 9.89. The van der Waals surface area contributed by atoms with Crippen molar-refractivity contribution in [3.8, 4) is 11.3 Å². The molecule has 204 valence electrons. The number of nitrogens with one attached hydrogen (secondary N) is 1. The molecule has 1 amide bonds. The van der Waals surface area contributed by atoms with E-state index in [2.05, 4.69) is 20.1 Å². The van der Waals surface area contributed by atoms with Gasteiger partial charge < -0.3 is 14.8 Å². The normalized spacial score (nSPS) is 11.9. The number of ether oxygens (including phenoxy) is 2. The average molecular weight is 544 g/mol. The van der Waals surface area contributed by atoms with Crippen LogP contribution in [0.3, 0.4) is 0 Å². The topological polar surface area (TPSA) is 117 Å². The molecule has 0 aliphatic heterocycles. The summed E-state index contributed by atoms with van der Waals surface area (Å²) in [4.78, 5) is 42.3. The number of aryl methyl sites for hydroxylation is 1. The summed E-state index contributed by atoms with van der Waals surface area (Å²) in [7, 11) is 2.63. The predicted octanol–water partition coefficient (Wildman–Crippen LogP) is 5.28. The molecule has 0 saturated heterocycles. The molecular weight excluding hydrogens is 519 g/mol. The fourth-order valence-corrected chi connectivity index (χ4v) is 3.86. The number of carbonyl (C=O) groups excluding carboxylic acids is 3. The second-order valence-electron chi connectivity index (χ2n) is 9.48. The number of alkyl halides is 3. The molecule has 0 atom stereocenters. The molecule has 4 aromatic rings. The zero-order chi connectivity index (χ0) is 28.7. The SMILES string of the molecule is COC(=O)c1cc(C(=O)Nc2ccc3cc(-c4ccccc4C(F)(F)F)n(C(=O)OC(C)(C)C)c3n2)n(C)n1. The number of halogens is 3. The highest BCUT2D eigenvalue weighted by molar-refractivity contribution is 6.04. The Hall–Kier alpha value is -4.68. The summed E-state index contributed by atoms with van der Waals surface area (Å²) < 4.78 is 53.7. The van der Waals surface area contributed by atoms with Gasteiger partial charge in [0, 0.05) is 24.1 Å². The summed E-state index contributed by atoms with van der Waals surface area (Å²) in [6, 6.07) is 10.4. The quantitative estimate of drug-likeness (QED) is 0.348. The van der Waals surface area contributed by atoms with E-state index in [1.165, 1.54) is 61.3 Å². The number of hydrogen-bond donors (Lipinski definition) is 1. The van der Waals surface area contributed by atoms with Gasteiger partial charge in [-0.05, 0) is 45.0 Å². The number of fused-ring (bicyclic) bond motifs is 1. The highest BCUT2D eigenvalue weighted by Crippen LogP contribution is 2.39. The predicted molar refractivity (Wildman–Crippen MR) is 134 cm³/mol. The van der Waals surface area contributed by atoms with Crippen molar-refractivity contribution < 1.29 is 37.0 Å². The first-order chi connectivity index (χ1) is 18.2. The van der Waals surface area contributed by atoms with E-state index in [1.54, 1.807) is 20.8 Å². The molecule has 0 aliphatic rings. The lowest BCUT2D eigenvalue weighted by Gasteiger charge is -2.21. The number of benzene rings is 1. The first-order valence-corrected chi connectivity index (χ1v) is 11.6. The third-order valence-corrected chi connectivity index (χ3v) is 5.48. The Bertz CT molecular complexity index is 1600. The molecule has 39 heavy (non-hydrogen) atoms. The van der Waals surface area contributed by atoms with Crippen LogP contribution in [0.5, 0.6) is 0 Å².